The lowest BCUT2D eigenvalue weighted by Gasteiger charge is -2.10. The largest absolute Gasteiger partial charge is 0.497 e. The molecule has 0 amide bonds. The Hall–Kier alpha value is -1.23. The molecule has 0 unspecified atom stereocenters. The first kappa shape index (κ1) is 14.2. The predicted octanol–water partition coefficient (Wildman–Crippen LogP) is 3.71. The lowest BCUT2D eigenvalue weighted by atomic mass is 10.2. The number of nitrogens with one attached hydrogen (secondary N) is 1. The Kier molecular flexibility index (Phi) is 5.07. The van der Waals surface area contributed by atoms with Gasteiger partial charge in [0.15, 0.2) is 0 Å². The van der Waals surface area contributed by atoms with E-state index >= 15 is 0 Å². The zero-order valence-corrected chi connectivity index (χ0v) is 12.5. The fourth-order valence-electron chi connectivity index (χ4n) is 1.76. The number of thiophene rings is 1. The third-order valence-electron chi connectivity index (χ3n) is 2.73. The van der Waals surface area contributed by atoms with Gasteiger partial charge in [-0.15, -0.1) is 11.3 Å². The summed E-state index contributed by atoms with van der Waals surface area (Å²) in [5.41, 5.74) is 1.10. The van der Waals surface area contributed by atoms with Crippen molar-refractivity contribution in [3.8, 4) is 11.5 Å². The minimum absolute atomic E-state index is 0.739. The minimum atomic E-state index is 0.739. The van der Waals surface area contributed by atoms with E-state index in [9.17, 15) is 0 Å². The summed E-state index contributed by atoms with van der Waals surface area (Å²) in [6.45, 7) is 1.54. The highest BCUT2D eigenvalue weighted by atomic mass is 35.5. The molecule has 0 fully saturated rings. The number of benzene rings is 1. The van der Waals surface area contributed by atoms with Gasteiger partial charge in [0, 0.05) is 35.0 Å². The molecule has 0 saturated heterocycles. The van der Waals surface area contributed by atoms with Gasteiger partial charge >= 0.3 is 0 Å². The highest BCUT2D eigenvalue weighted by Gasteiger charge is 2.05. The molecule has 0 aliphatic heterocycles. The maximum absolute atomic E-state index is 5.89. The molecule has 1 heterocycles. The fourth-order valence-corrected chi connectivity index (χ4v) is 2.81. The first-order valence-corrected chi connectivity index (χ1v) is 7.13. The topological polar surface area (TPSA) is 30.5 Å². The van der Waals surface area contributed by atoms with E-state index in [2.05, 4.69) is 5.32 Å². The van der Waals surface area contributed by atoms with Crippen molar-refractivity contribution in [2.24, 2.45) is 0 Å². The second-order valence-corrected chi connectivity index (χ2v) is 5.44. The lowest BCUT2D eigenvalue weighted by Crippen LogP contribution is -2.12. The molecule has 0 bridgehead atoms. The van der Waals surface area contributed by atoms with Crippen molar-refractivity contribution in [1.82, 2.24) is 5.32 Å². The molecular weight excluding hydrogens is 282 g/mol. The van der Waals surface area contributed by atoms with Crippen LogP contribution in [-0.2, 0) is 13.1 Å². The molecule has 0 aliphatic rings. The molecule has 1 aromatic carbocycles. The smallest absolute Gasteiger partial charge is 0.127 e. The minimum Gasteiger partial charge on any atom is -0.497 e. The second kappa shape index (κ2) is 6.80. The van der Waals surface area contributed by atoms with Gasteiger partial charge in [-0.1, -0.05) is 17.7 Å². The maximum Gasteiger partial charge on any atom is 0.127 e. The quantitative estimate of drug-likeness (QED) is 0.882. The van der Waals surface area contributed by atoms with Gasteiger partial charge in [0.1, 0.15) is 11.5 Å². The van der Waals surface area contributed by atoms with Crippen molar-refractivity contribution >= 4 is 22.9 Å². The number of methoxy groups -OCH3 is 2. The van der Waals surface area contributed by atoms with Crippen LogP contribution < -0.4 is 14.8 Å². The van der Waals surface area contributed by atoms with Gasteiger partial charge in [-0.25, -0.2) is 0 Å². The lowest BCUT2D eigenvalue weighted by molar-refractivity contribution is 0.390. The van der Waals surface area contributed by atoms with Crippen LogP contribution in [0.5, 0.6) is 11.5 Å². The number of ether oxygens (including phenoxy) is 2. The third-order valence-corrected chi connectivity index (χ3v) is 4.02. The number of hydrogen-bond acceptors (Lipinski definition) is 4. The van der Waals surface area contributed by atoms with Gasteiger partial charge in [0.25, 0.3) is 0 Å². The van der Waals surface area contributed by atoms with Gasteiger partial charge in [-0.2, -0.15) is 0 Å². The van der Waals surface area contributed by atoms with E-state index in [4.69, 9.17) is 21.1 Å². The van der Waals surface area contributed by atoms with E-state index in [1.54, 1.807) is 25.6 Å². The van der Waals surface area contributed by atoms with Crippen LogP contribution in [0.1, 0.15) is 10.4 Å². The Morgan fingerprint density at radius 1 is 1.16 bits per heavy atom. The van der Waals surface area contributed by atoms with Crippen LogP contribution in [0.2, 0.25) is 5.02 Å². The summed E-state index contributed by atoms with van der Waals surface area (Å²) in [6.07, 6.45) is 0. The van der Waals surface area contributed by atoms with E-state index < -0.39 is 0 Å². The zero-order chi connectivity index (χ0) is 13.7. The summed E-state index contributed by atoms with van der Waals surface area (Å²) in [4.78, 5) is 1.22. The van der Waals surface area contributed by atoms with E-state index in [1.165, 1.54) is 4.88 Å². The van der Waals surface area contributed by atoms with Crippen molar-refractivity contribution in [2.45, 2.75) is 13.1 Å². The van der Waals surface area contributed by atoms with Crippen molar-refractivity contribution in [2.75, 3.05) is 14.2 Å². The molecule has 0 spiro atoms. The molecule has 2 aromatic rings. The highest BCUT2D eigenvalue weighted by molar-refractivity contribution is 7.10. The Balaban J connectivity index is 1.95. The predicted molar refractivity (Wildman–Crippen MR) is 79.4 cm³/mol. The van der Waals surface area contributed by atoms with Gasteiger partial charge in [-0.05, 0) is 12.1 Å². The second-order valence-electron chi connectivity index (χ2n) is 4.01. The number of rotatable bonds is 6. The summed E-state index contributed by atoms with van der Waals surface area (Å²) in [6, 6.07) is 7.80. The van der Waals surface area contributed by atoms with E-state index in [0.717, 1.165) is 35.2 Å². The molecule has 0 radical (unpaired) electrons. The molecule has 1 N–H and O–H groups in total. The standard InChI is InChI=1S/C14H16ClNO2S/c1-17-12-4-3-10(14(6-12)18-2)7-16-8-13-5-11(15)9-19-13/h3-6,9,16H,7-8H2,1-2H3. The van der Waals surface area contributed by atoms with E-state index in [-0.39, 0.29) is 0 Å². The van der Waals surface area contributed by atoms with Crippen LogP contribution in [-0.4, -0.2) is 14.2 Å². The summed E-state index contributed by atoms with van der Waals surface area (Å²) in [5, 5.41) is 6.11. The molecule has 102 valence electrons. The van der Waals surface area contributed by atoms with Crippen LogP contribution in [0, 0.1) is 0 Å². The first-order valence-electron chi connectivity index (χ1n) is 5.87. The molecule has 0 atom stereocenters. The Morgan fingerprint density at radius 3 is 2.63 bits per heavy atom. The zero-order valence-electron chi connectivity index (χ0n) is 10.9. The van der Waals surface area contributed by atoms with Gasteiger partial charge in [0.05, 0.1) is 19.2 Å². The van der Waals surface area contributed by atoms with Crippen molar-refractivity contribution in [3.05, 3.63) is 45.1 Å². The van der Waals surface area contributed by atoms with Crippen LogP contribution in [0.3, 0.4) is 0 Å². The van der Waals surface area contributed by atoms with Crippen LogP contribution >= 0.6 is 22.9 Å². The van der Waals surface area contributed by atoms with Crippen LogP contribution in [0.4, 0.5) is 0 Å². The molecule has 3 nitrogen and oxygen atoms in total. The molecule has 1 aromatic heterocycles. The molecule has 19 heavy (non-hydrogen) atoms. The number of halogens is 1. The van der Waals surface area contributed by atoms with Crippen molar-refractivity contribution in [1.29, 1.82) is 0 Å². The van der Waals surface area contributed by atoms with Crippen molar-refractivity contribution in [3.63, 3.8) is 0 Å². The van der Waals surface area contributed by atoms with Gasteiger partial charge < -0.3 is 14.8 Å². The monoisotopic (exact) mass is 297 g/mol. The third kappa shape index (κ3) is 3.86. The highest BCUT2D eigenvalue weighted by Crippen LogP contribution is 2.24. The Morgan fingerprint density at radius 2 is 2.00 bits per heavy atom. The maximum atomic E-state index is 5.89. The van der Waals surface area contributed by atoms with Crippen LogP contribution in [0.15, 0.2) is 29.6 Å². The molecule has 0 saturated carbocycles. The van der Waals surface area contributed by atoms with E-state index in [0.29, 0.717) is 0 Å². The number of hydrogen-bond donors (Lipinski definition) is 1. The SMILES string of the molecule is COc1ccc(CNCc2cc(Cl)cs2)c(OC)c1. The molecule has 0 aliphatic carbocycles. The average Bonchev–Trinajstić information content (AvgIpc) is 2.84. The fraction of sp³-hybridized carbons (Fsp3) is 0.286. The summed E-state index contributed by atoms with van der Waals surface area (Å²) >= 11 is 7.54. The molecule has 5 heteroatoms. The first-order chi connectivity index (χ1) is 9.22. The van der Waals surface area contributed by atoms with E-state index in [1.807, 2.05) is 29.6 Å². The molecule has 2 rings (SSSR count). The van der Waals surface area contributed by atoms with Gasteiger partial charge in [-0.3, -0.25) is 0 Å². The summed E-state index contributed by atoms with van der Waals surface area (Å²) < 4.78 is 10.5. The van der Waals surface area contributed by atoms with Gasteiger partial charge in [0.2, 0.25) is 0 Å². The van der Waals surface area contributed by atoms with Crippen LogP contribution in [0.25, 0.3) is 0 Å². The summed E-state index contributed by atoms with van der Waals surface area (Å²) in [5.74, 6) is 1.63. The average molecular weight is 298 g/mol. The summed E-state index contributed by atoms with van der Waals surface area (Å²) in [7, 11) is 3.31. The normalized spacial score (nSPS) is 10.5. The molecular formula is C14H16ClNO2S. The van der Waals surface area contributed by atoms with Crippen molar-refractivity contribution < 1.29 is 9.47 Å². The Bertz CT molecular complexity index is 542. The Labute approximate surface area is 122 Å².